The lowest BCUT2D eigenvalue weighted by Gasteiger charge is -2.37. The number of hydrogen-bond acceptors (Lipinski definition) is 6. The van der Waals surface area contributed by atoms with Crippen LogP contribution in [0.3, 0.4) is 0 Å². The Balaban J connectivity index is 1.65. The molecule has 3 amide bonds. The van der Waals surface area contributed by atoms with Gasteiger partial charge in [0, 0.05) is 32.6 Å². The van der Waals surface area contributed by atoms with Crippen molar-refractivity contribution in [3.8, 4) is 5.75 Å². The number of rotatable bonds is 8. The molecule has 0 saturated heterocycles. The maximum Gasteiger partial charge on any atom is 0.289 e. The Bertz CT molecular complexity index is 1420. The van der Waals surface area contributed by atoms with Gasteiger partial charge in [0.05, 0.1) is 6.54 Å². The molecule has 0 saturated carbocycles. The van der Waals surface area contributed by atoms with Crippen molar-refractivity contribution in [3.05, 3.63) is 99.0 Å². The largest absolute Gasteiger partial charge is 0.503 e. The monoisotopic (exact) mass is 525 g/mol. The van der Waals surface area contributed by atoms with Crippen molar-refractivity contribution in [2.24, 2.45) is 0 Å². The fraction of sp³-hybridized carbons (Fsp3) is 0.231. The summed E-state index contributed by atoms with van der Waals surface area (Å²) < 4.78 is 27.8. The topological polar surface area (TPSA) is 133 Å². The molecule has 0 aliphatic carbocycles. The van der Waals surface area contributed by atoms with E-state index in [9.17, 15) is 33.1 Å². The first kappa shape index (κ1) is 26.5. The van der Waals surface area contributed by atoms with Gasteiger partial charge in [0.2, 0.25) is 11.3 Å². The minimum Gasteiger partial charge on any atom is -0.503 e. The number of pyridine rings is 1. The highest BCUT2D eigenvalue weighted by Crippen LogP contribution is 2.26. The second kappa shape index (κ2) is 11.2. The van der Waals surface area contributed by atoms with Crippen molar-refractivity contribution in [2.75, 3.05) is 6.54 Å². The van der Waals surface area contributed by atoms with Gasteiger partial charge in [-0.15, -0.1) is 0 Å². The molecule has 198 valence electrons. The first-order chi connectivity index (χ1) is 18.1. The van der Waals surface area contributed by atoms with Crippen LogP contribution in [0, 0.1) is 11.6 Å². The number of carbonyl (C=O) groups excluding carboxylic acids is 3. The number of nitrogens with zero attached hydrogens (tertiary/aromatic N) is 2. The SMILES string of the molecule is CC(=O)NCCC1NN(Cc2ccc(F)cc2)C(=O)c2c(O)c(=O)c(C(=O)NCc3ccc(F)cc3)cn21. The van der Waals surface area contributed by atoms with Crippen LogP contribution in [0.25, 0.3) is 0 Å². The number of hydrogen-bond donors (Lipinski definition) is 4. The molecule has 1 unspecified atom stereocenters. The smallest absolute Gasteiger partial charge is 0.289 e. The summed E-state index contributed by atoms with van der Waals surface area (Å²) in [6.45, 7) is 1.52. The van der Waals surface area contributed by atoms with Crippen molar-refractivity contribution < 1.29 is 28.3 Å². The fourth-order valence-electron chi connectivity index (χ4n) is 4.03. The fourth-order valence-corrected chi connectivity index (χ4v) is 4.03. The Morgan fingerprint density at radius 3 is 2.18 bits per heavy atom. The van der Waals surface area contributed by atoms with Gasteiger partial charge in [-0.3, -0.25) is 24.2 Å². The molecule has 38 heavy (non-hydrogen) atoms. The number of carbonyl (C=O) groups is 3. The van der Waals surface area contributed by atoms with E-state index < -0.39 is 46.4 Å². The van der Waals surface area contributed by atoms with E-state index in [0.717, 1.165) is 0 Å². The lowest BCUT2D eigenvalue weighted by molar-refractivity contribution is -0.119. The quantitative estimate of drug-likeness (QED) is 0.356. The van der Waals surface area contributed by atoms with Gasteiger partial charge in [-0.25, -0.2) is 14.2 Å². The van der Waals surface area contributed by atoms with Crippen LogP contribution in [0.4, 0.5) is 8.78 Å². The van der Waals surface area contributed by atoms with Crippen molar-refractivity contribution in [3.63, 3.8) is 0 Å². The molecule has 2 aromatic carbocycles. The number of amides is 3. The van der Waals surface area contributed by atoms with E-state index in [2.05, 4.69) is 16.1 Å². The summed E-state index contributed by atoms with van der Waals surface area (Å²) in [5, 5.41) is 17.1. The molecule has 2 heterocycles. The minimum atomic E-state index is -1.04. The predicted octanol–water partition coefficient (Wildman–Crippen LogP) is 1.95. The Kier molecular flexibility index (Phi) is 7.82. The molecule has 0 bridgehead atoms. The summed E-state index contributed by atoms with van der Waals surface area (Å²) in [5.74, 6) is -3.60. The van der Waals surface area contributed by atoms with Crippen LogP contribution in [0.2, 0.25) is 0 Å². The third kappa shape index (κ3) is 5.86. The second-order valence-electron chi connectivity index (χ2n) is 8.72. The molecule has 0 spiro atoms. The van der Waals surface area contributed by atoms with Gasteiger partial charge < -0.3 is 20.3 Å². The molecule has 12 heteroatoms. The molecule has 1 aliphatic heterocycles. The molecule has 1 atom stereocenters. The Labute approximate surface area is 215 Å². The van der Waals surface area contributed by atoms with Crippen molar-refractivity contribution >= 4 is 17.7 Å². The van der Waals surface area contributed by atoms with E-state index in [0.29, 0.717) is 11.1 Å². The number of aromatic hydroxyl groups is 1. The first-order valence-electron chi connectivity index (χ1n) is 11.7. The van der Waals surface area contributed by atoms with E-state index in [4.69, 9.17) is 0 Å². The highest BCUT2D eigenvalue weighted by molar-refractivity contribution is 5.98. The summed E-state index contributed by atoms with van der Waals surface area (Å²) >= 11 is 0. The van der Waals surface area contributed by atoms with Crippen LogP contribution in [0.1, 0.15) is 51.5 Å². The van der Waals surface area contributed by atoms with Crippen LogP contribution in [0.15, 0.2) is 59.5 Å². The third-order valence-corrected chi connectivity index (χ3v) is 5.96. The first-order valence-corrected chi connectivity index (χ1v) is 11.7. The highest BCUT2D eigenvalue weighted by Gasteiger charge is 2.35. The van der Waals surface area contributed by atoms with Crippen LogP contribution in [0.5, 0.6) is 5.75 Å². The van der Waals surface area contributed by atoms with Crippen molar-refractivity contribution in [1.29, 1.82) is 0 Å². The van der Waals surface area contributed by atoms with Crippen LogP contribution >= 0.6 is 0 Å². The van der Waals surface area contributed by atoms with E-state index >= 15 is 0 Å². The van der Waals surface area contributed by atoms with Gasteiger partial charge in [-0.05, 0) is 35.4 Å². The zero-order chi connectivity index (χ0) is 27.4. The molecule has 0 fully saturated rings. The Hall–Kier alpha value is -4.58. The number of benzene rings is 2. The number of nitrogens with one attached hydrogen (secondary N) is 3. The zero-order valence-corrected chi connectivity index (χ0v) is 20.3. The molecule has 1 aromatic heterocycles. The predicted molar refractivity (Wildman–Crippen MR) is 132 cm³/mol. The van der Waals surface area contributed by atoms with Gasteiger partial charge in [0.1, 0.15) is 23.4 Å². The summed E-state index contributed by atoms with van der Waals surface area (Å²) in [4.78, 5) is 50.4. The molecular formula is C26H25F2N5O5. The highest BCUT2D eigenvalue weighted by atomic mass is 19.1. The molecule has 0 radical (unpaired) electrons. The standard InChI is InChI=1S/C26H25F2N5O5/c1-15(34)29-11-10-21-31-33(13-17-4-8-19(28)9-5-17)26(38)22-24(36)23(35)20(14-32(21)22)25(37)30-12-16-2-6-18(27)7-3-16/h2-9,14,21,31,36H,10-13H2,1H3,(H,29,34)(H,30,37). The lowest BCUT2D eigenvalue weighted by Crippen LogP contribution is -2.53. The van der Waals surface area contributed by atoms with Gasteiger partial charge in [0.25, 0.3) is 11.8 Å². The van der Waals surface area contributed by atoms with Crippen molar-refractivity contribution in [2.45, 2.75) is 32.6 Å². The van der Waals surface area contributed by atoms with Crippen LogP contribution in [-0.2, 0) is 17.9 Å². The second-order valence-corrected chi connectivity index (χ2v) is 8.72. The number of aromatic nitrogens is 1. The lowest BCUT2D eigenvalue weighted by atomic mass is 10.1. The zero-order valence-electron chi connectivity index (χ0n) is 20.3. The summed E-state index contributed by atoms with van der Waals surface area (Å²) in [7, 11) is 0. The van der Waals surface area contributed by atoms with Crippen LogP contribution < -0.4 is 21.5 Å². The number of hydrazine groups is 1. The van der Waals surface area contributed by atoms with E-state index in [1.807, 2.05) is 0 Å². The molecule has 4 N–H and O–H groups in total. The Morgan fingerprint density at radius 2 is 1.58 bits per heavy atom. The molecule has 1 aliphatic rings. The van der Waals surface area contributed by atoms with Gasteiger partial charge >= 0.3 is 0 Å². The average Bonchev–Trinajstić information content (AvgIpc) is 2.88. The molecule has 4 rings (SSSR count). The van der Waals surface area contributed by atoms with Crippen LogP contribution in [-0.4, -0.2) is 38.9 Å². The molecular weight excluding hydrogens is 500 g/mol. The van der Waals surface area contributed by atoms with E-state index in [1.54, 1.807) is 0 Å². The Morgan fingerprint density at radius 1 is 0.974 bits per heavy atom. The maximum atomic E-state index is 13.3. The summed E-state index contributed by atoms with van der Waals surface area (Å²) in [6.07, 6.45) is 0.652. The van der Waals surface area contributed by atoms with Gasteiger partial charge in [-0.1, -0.05) is 24.3 Å². The number of halogens is 2. The van der Waals surface area contributed by atoms with E-state index in [1.165, 1.54) is 71.2 Å². The number of fused-ring (bicyclic) bond motifs is 1. The normalized spacial score (nSPS) is 14.7. The minimum absolute atomic E-state index is 0.00431. The third-order valence-electron chi connectivity index (χ3n) is 5.96. The summed E-state index contributed by atoms with van der Waals surface area (Å²) in [5.41, 5.74) is 2.39. The average molecular weight is 526 g/mol. The van der Waals surface area contributed by atoms with Gasteiger partial charge in [-0.2, -0.15) is 0 Å². The maximum absolute atomic E-state index is 13.3. The van der Waals surface area contributed by atoms with E-state index in [-0.39, 0.29) is 37.7 Å². The molecule has 10 nitrogen and oxygen atoms in total. The summed E-state index contributed by atoms with van der Waals surface area (Å²) in [6, 6.07) is 10.9. The van der Waals surface area contributed by atoms with Gasteiger partial charge in [0.15, 0.2) is 11.4 Å². The van der Waals surface area contributed by atoms with Crippen molar-refractivity contribution in [1.82, 2.24) is 25.6 Å². The molecule has 3 aromatic rings.